The second-order valence-electron chi connectivity index (χ2n) is 4.63. The van der Waals surface area contributed by atoms with Gasteiger partial charge in [-0.15, -0.1) is 0 Å². The molecule has 1 aliphatic heterocycles. The predicted molar refractivity (Wildman–Crippen MR) is 63.1 cm³/mol. The summed E-state index contributed by atoms with van der Waals surface area (Å²) in [6.45, 7) is 8.49. The van der Waals surface area contributed by atoms with Crippen LogP contribution in [-0.4, -0.2) is 62.6 Å². The molecule has 0 bridgehead atoms. The molecule has 4 atom stereocenters. The lowest BCUT2D eigenvalue weighted by Crippen LogP contribution is -2.26. The van der Waals surface area contributed by atoms with E-state index in [1.165, 1.54) is 0 Å². The van der Waals surface area contributed by atoms with Crippen LogP contribution in [0.25, 0.3) is 0 Å². The van der Waals surface area contributed by atoms with Gasteiger partial charge in [0.1, 0.15) is 6.10 Å². The van der Waals surface area contributed by atoms with Crippen molar-refractivity contribution in [2.45, 2.75) is 45.2 Å². The van der Waals surface area contributed by atoms with Crippen LogP contribution in [0.4, 0.5) is 0 Å². The molecule has 0 spiro atoms. The van der Waals surface area contributed by atoms with Crippen molar-refractivity contribution in [3.63, 3.8) is 0 Å². The predicted octanol–water partition coefficient (Wildman–Crippen LogP) is 0.593. The molecular weight excluding hydrogens is 224 g/mol. The van der Waals surface area contributed by atoms with E-state index in [1.807, 2.05) is 13.8 Å². The monoisotopic (exact) mass is 248 g/mol. The molecule has 17 heavy (non-hydrogen) atoms. The number of aliphatic hydroxyl groups is 1. The Balaban J connectivity index is 1.91. The summed E-state index contributed by atoms with van der Waals surface area (Å²) in [6, 6.07) is 0. The number of ether oxygens (including phenoxy) is 4. The second kappa shape index (κ2) is 8.00. The van der Waals surface area contributed by atoms with Crippen molar-refractivity contribution in [1.82, 2.24) is 0 Å². The van der Waals surface area contributed by atoms with Crippen LogP contribution >= 0.6 is 0 Å². The average molecular weight is 248 g/mol. The SMILES string of the molecule is CC(O)COC(C)COC(C)COCC1CO1. The maximum Gasteiger partial charge on any atom is 0.104 e. The van der Waals surface area contributed by atoms with Gasteiger partial charge in [0, 0.05) is 0 Å². The molecule has 1 rings (SSSR count). The highest BCUT2D eigenvalue weighted by Crippen LogP contribution is 2.09. The van der Waals surface area contributed by atoms with Crippen molar-refractivity contribution in [3.05, 3.63) is 0 Å². The molecule has 0 aliphatic carbocycles. The highest BCUT2D eigenvalue weighted by molar-refractivity contribution is 4.67. The number of hydrogen-bond acceptors (Lipinski definition) is 5. The number of epoxide rings is 1. The van der Waals surface area contributed by atoms with Gasteiger partial charge in [-0.25, -0.2) is 0 Å². The maximum absolute atomic E-state index is 9.06. The molecule has 0 amide bonds. The molecule has 5 nitrogen and oxygen atoms in total. The Morgan fingerprint density at radius 3 is 2.29 bits per heavy atom. The third kappa shape index (κ3) is 8.51. The first-order valence-corrected chi connectivity index (χ1v) is 6.18. The van der Waals surface area contributed by atoms with E-state index in [9.17, 15) is 0 Å². The minimum Gasteiger partial charge on any atom is -0.391 e. The second-order valence-corrected chi connectivity index (χ2v) is 4.63. The lowest BCUT2D eigenvalue weighted by atomic mass is 10.4. The molecule has 5 heteroatoms. The summed E-state index contributed by atoms with van der Waals surface area (Å²) in [6.07, 6.45) is -0.0996. The van der Waals surface area contributed by atoms with Gasteiger partial charge < -0.3 is 24.1 Å². The molecule has 0 aromatic carbocycles. The Labute approximate surface area is 103 Å². The normalized spacial score (nSPS) is 24.4. The average Bonchev–Trinajstić information content (AvgIpc) is 3.07. The smallest absolute Gasteiger partial charge is 0.104 e. The zero-order valence-corrected chi connectivity index (χ0v) is 10.9. The van der Waals surface area contributed by atoms with Crippen LogP contribution in [0.1, 0.15) is 20.8 Å². The van der Waals surface area contributed by atoms with Crippen molar-refractivity contribution in [2.24, 2.45) is 0 Å². The van der Waals surface area contributed by atoms with Crippen LogP contribution in [0.5, 0.6) is 0 Å². The third-order valence-electron chi connectivity index (χ3n) is 2.30. The first-order valence-electron chi connectivity index (χ1n) is 6.18. The van der Waals surface area contributed by atoms with Gasteiger partial charge in [-0.1, -0.05) is 0 Å². The van der Waals surface area contributed by atoms with E-state index < -0.39 is 6.10 Å². The fraction of sp³-hybridized carbons (Fsp3) is 1.00. The molecular formula is C12H24O5. The maximum atomic E-state index is 9.06. The highest BCUT2D eigenvalue weighted by Gasteiger charge is 2.22. The van der Waals surface area contributed by atoms with Gasteiger partial charge in [0.15, 0.2) is 0 Å². The summed E-state index contributed by atoms with van der Waals surface area (Å²) < 4.78 is 21.4. The van der Waals surface area contributed by atoms with Crippen LogP contribution in [0.3, 0.4) is 0 Å². The summed E-state index contributed by atoms with van der Waals surface area (Å²) in [5.41, 5.74) is 0. The van der Waals surface area contributed by atoms with Crippen LogP contribution in [0, 0.1) is 0 Å². The van der Waals surface area contributed by atoms with E-state index in [4.69, 9.17) is 24.1 Å². The number of rotatable bonds is 10. The van der Waals surface area contributed by atoms with Crippen LogP contribution in [0.2, 0.25) is 0 Å². The Bertz CT molecular complexity index is 193. The Hall–Kier alpha value is -0.200. The molecule has 0 aromatic heterocycles. The molecule has 1 heterocycles. The quantitative estimate of drug-likeness (QED) is 0.573. The lowest BCUT2D eigenvalue weighted by Gasteiger charge is -2.18. The van der Waals surface area contributed by atoms with Gasteiger partial charge >= 0.3 is 0 Å². The van der Waals surface area contributed by atoms with Crippen LogP contribution in [-0.2, 0) is 18.9 Å². The third-order valence-corrected chi connectivity index (χ3v) is 2.30. The van der Waals surface area contributed by atoms with E-state index in [-0.39, 0.29) is 12.2 Å². The topological polar surface area (TPSA) is 60.5 Å². The van der Waals surface area contributed by atoms with E-state index in [1.54, 1.807) is 6.92 Å². The van der Waals surface area contributed by atoms with Crippen molar-refractivity contribution < 1.29 is 24.1 Å². The van der Waals surface area contributed by atoms with Gasteiger partial charge in [0.2, 0.25) is 0 Å². The van der Waals surface area contributed by atoms with Gasteiger partial charge in [-0.2, -0.15) is 0 Å². The molecule has 4 unspecified atom stereocenters. The van der Waals surface area contributed by atoms with Crippen LogP contribution < -0.4 is 0 Å². The number of hydrogen-bond donors (Lipinski definition) is 1. The lowest BCUT2D eigenvalue weighted by molar-refractivity contribution is -0.0707. The molecule has 1 fully saturated rings. The summed E-state index contributed by atoms with van der Waals surface area (Å²) >= 11 is 0. The van der Waals surface area contributed by atoms with Gasteiger partial charge in [0.05, 0.1) is 51.3 Å². The Kier molecular flexibility index (Phi) is 6.99. The standard InChI is InChI=1S/C12H24O5/c1-9(13)4-15-11(3)6-16-10(2)5-14-7-12-8-17-12/h9-13H,4-8H2,1-3H3. The zero-order chi connectivity index (χ0) is 12.7. The first-order chi connectivity index (χ1) is 8.08. The zero-order valence-electron chi connectivity index (χ0n) is 10.9. The molecule has 102 valence electrons. The molecule has 1 N–H and O–H groups in total. The van der Waals surface area contributed by atoms with Gasteiger partial charge in [0.25, 0.3) is 0 Å². The van der Waals surface area contributed by atoms with Crippen molar-refractivity contribution in [2.75, 3.05) is 33.0 Å². The van der Waals surface area contributed by atoms with E-state index in [2.05, 4.69) is 0 Å². The highest BCUT2D eigenvalue weighted by atomic mass is 16.6. The molecule has 0 saturated carbocycles. The first kappa shape index (κ1) is 14.9. The minimum absolute atomic E-state index is 0.0150. The fourth-order valence-electron chi connectivity index (χ4n) is 1.23. The Morgan fingerprint density at radius 2 is 1.71 bits per heavy atom. The molecule has 1 aliphatic rings. The van der Waals surface area contributed by atoms with Gasteiger partial charge in [-0.05, 0) is 20.8 Å². The van der Waals surface area contributed by atoms with Crippen molar-refractivity contribution >= 4 is 0 Å². The van der Waals surface area contributed by atoms with E-state index in [0.717, 1.165) is 6.61 Å². The fourth-order valence-corrected chi connectivity index (χ4v) is 1.23. The summed E-state index contributed by atoms with van der Waals surface area (Å²) in [7, 11) is 0. The van der Waals surface area contributed by atoms with E-state index in [0.29, 0.717) is 32.5 Å². The summed E-state index contributed by atoms with van der Waals surface area (Å²) in [5, 5.41) is 9.06. The molecule has 0 radical (unpaired) electrons. The van der Waals surface area contributed by atoms with Gasteiger partial charge in [-0.3, -0.25) is 0 Å². The van der Waals surface area contributed by atoms with Crippen molar-refractivity contribution in [3.8, 4) is 0 Å². The largest absolute Gasteiger partial charge is 0.391 e. The Morgan fingerprint density at radius 1 is 1.12 bits per heavy atom. The summed E-state index contributed by atoms with van der Waals surface area (Å²) in [4.78, 5) is 0. The number of aliphatic hydroxyl groups excluding tert-OH is 1. The molecule has 0 aromatic rings. The van der Waals surface area contributed by atoms with E-state index >= 15 is 0 Å². The molecule has 1 saturated heterocycles. The van der Waals surface area contributed by atoms with Crippen LogP contribution in [0.15, 0.2) is 0 Å². The van der Waals surface area contributed by atoms with Crippen molar-refractivity contribution in [1.29, 1.82) is 0 Å². The minimum atomic E-state index is -0.434. The summed E-state index contributed by atoms with van der Waals surface area (Å²) in [5.74, 6) is 0.